The lowest BCUT2D eigenvalue weighted by Crippen LogP contribution is -2.16. The monoisotopic (exact) mass is 216 g/mol. The molecule has 1 N–H and O–H groups in total. The van der Waals surface area contributed by atoms with Crippen LogP contribution in [0.5, 0.6) is 5.75 Å². The van der Waals surface area contributed by atoms with E-state index in [-0.39, 0.29) is 0 Å². The maximum atomic E-state index is 11.4. The molecule has 1 aromatic carbocycles. The molecule has 82 valence electrons. The molecule has 0 spiro atoms. The predicted octanol–water partition coefficient (Wildman–Crippen LogP) is 2.64. The topological polar surface area (TPSA) is 43.3 Å². The predicted molar refractivity (Wildman–Crippen MR) is 61.5 cm³/mol. The van der Waals surface area contributed by atoms with Crippen LogP contribution in [0.4, 0.5) is 10.5 Å². The molecule has 0 saturated carbocycles. The first-order valence-electron chi connectivity index (χ1n) is 4.90. The summed E-state index contributed by atoms with van der Waals surface area (Å²) in [6, 6.07) is 10.7. The lowest BCUT2D eigenvalue weighted by atomic mass is 10.3. The Morgan fingerprint density at radius 1 is 1.25 bits per heavy atom. The van der Waals surface area contributed by atoms with Crippen LogP contribution in [0.1, 0.15) is 0 Å². The summed E-state index contributed by atoms with van der Waals surface area (Å²) in [5.74, 6) is 0.524. The number of nitrogens with zero attached hydrogens (tertiary/aromatic N) is 1. The molecule has 4 heteroatoms. The third kappa shape index (κ3) is 2.63. The highest BCUT2D eigenvalue weighted by atomic mass is 16.6. The molecule has 0 atom stereocenters. The minimum absolute atomic E-state index is 0.489. The van der Waals surface area contributed by atoms with Gasteiger partial charge in [-0.3, -0.25) is 5.32 Å². The molecule has 0 radical (unpaired) electrons. The number of amides is 1. The van der Waals surface area contributed by atoms with E-state index in [0.29, 0.717) is 11.4 Å². The maximum absolute atomic E-state index is 11.4. The minimum Gasteiger partial charge on any atom is -0.410 e. The van der Waals surface area contributed by atoms with E-state index < -0.39 is 6.09 Å². The van der Waals surface area contributed by atoms with Gasteiger partial charge in [-0.25, -0.2) is 4.79 Å². The van der Waals surface area contributed by atoms with Crippen LogP contribution in [0.2, 0.25) is 0 Å². The molecule has 4 nitrogen and oxygen atoms in total. The Balaban J connectivity index is 1.95. The van der Waals surface area contributed by atoms with Crippen molar-refractivity contribution in [3.63, 3.8) is 0 Å². The average Bonchev–Trinajstić information content (AvgIpc) is 2.65. The smallest absolute Gasteiger partial charge is 0.410 e. The Morgan fingerprint density at radius 3 is 2.62 bits per heavy atom. The second kappa shape index (κ2) is 4.53. The number of benzene rings is 1. The first-order chi connectivity index (χ1) is 7.74. The van der Waals surface area contributed by atoms with E-state index in [1.807, 2.05) is 36.0 Å². The van der Waals surface area contributed by atoms with Crippen molar-refractivity contribution in [1.82, 2.24) is 4.57 Å². The van der Waals surface area contributed by atoms with Crippen molar-refractivity contribution < 1.29 is 9.53 Å². The number of aryl methyl sites for hydroxylation is 1. The molecule has 0 unspecified atom stereocenters. The van der Waals surface area contributed by atoms with Crippen molar-refractivity contribution in [3.05, 3.63) is 48.8 Å². The summed E-state index contributed by atoms with van der Waals surface area (Å²) in [6.45, 7) is 0. The minimum atomic E-state index is -0.489. The number of carbonyl (C=O) groups excluding carboxylic acids is 1. The molecule has 1 heterocycles. The highest BCUT2D eigenvalue weighted by Crippen LogP contribution is 2.11. The molecule has 0 aliphatic rings. The van der Waals surface area contributed by atoms with Gasteiger partial charge in [0, 0.05) is 19.4 Å². The molecule has 0 bridgehead atoms. The highest BCUT2D eigenvalue weighted by molar-refractivity contribution is 5.86. The standard InChI is InChI=1S/C12H12N2O2/c1-14-8-7-10(9-14)13-12(15)16-11-5-3-2-4-6-11/h2-9H,1H3,(H,13,15). The number of ether oxygens (including phenoxy) is 1. The number of carbonyl (C=O) groups is 1. The molecule has 16 heavy (non-hydrogen) atoms. The van der Waals surface area contributed by atoms with E-state index >= 15 is 0 Å². The van der Waals surface area contributed by atoms with Gasteiger partial charge in [-0.2, -0.15) is 0 Å². The number of aromatic nitrogens is 1. The van der Waals surface area contributed by atoms with Crippen molar-refractivity contribution in [2.24, 2.45) is 7.05 Å². The highest BCUT2D eigenvalue weighted by Gasteiger charge is 2.04. The van der Waals surface area contributed by atoms with Gasteiger partial charge in [-0.15, -0.1) is 0 Å². The number of anilines is 1. The van der Waals surface area contributed by atoms with Crippen molar-refractivity contribution in [2.75, 3.05) is 5.32 Å². The zero-order valence-electron chi connectivity index (χ0n) is 8.88. The van der Waals surface area contributed by atoms with E-state index in [0.717, 1.165) is 0 Å². The first kappa shape index (κ1) is 10.3. The number of nitrogens with one attached hydrogen (secondary N) is 1. The Bertz CT molecular complexity index is 477. The third-order valence-electron chi connectivity index (χ3n) is 2.03. The van der Waals surface area contributed by atoms with E-state index in [2.05, 4.69) is 5.32 Å². The summed E-state index contributed by atoms with van der Waals surface area (Å²) in [5, 5.41) is 2.63. The lowest BCUT2D eigenvalue weighted by molar-refractivity contribution is 0.215. The fourth-order valence-electron chi connectivity index (χ4n) is 1.32. The number of hydrogen-bond acceptors (Lipinski definition) is 2. The Labute approximate surface area is 93.5 Å². The van der Waals surface area contributed by atoms with Crippen molar-refractivity contribution in [3.8, 4) is 5.75 Å². The number of rotatable bonds is 2. The SMILES string of the molecule is Cn1ccc(NC(=O)Oc2ccccc2)c1. The van der Waals surface area contributed by atoms with Crippen molar-refractivity contribution in [2.45, 2.75) is 0 Å². The molecule has 2 aromatic rings. The number of hydrogen-bond donors (Lipinski definition) is 1. The summed E-state index contributed by atoms with van der Waals surface area (Å²) in [7, 11) is 1.88. The molecular weight excluding hydrogens is 204 g/mol. The summed E-state index contributed by atoms with van der Waals surface area (Å²) < 4.78 is 6.91. The van der Waals surface area contributed by atoms with Crippen LogP contribution >= 0.6 is 0 Å². The summed E-state index contributed by atoms with van der Waals surface area (Å²) in [6.07, 6.45) is 3.15. The largest absolute Gasteiger partial charge is 0.417 e. The van der Waals surface area contributed by atoms with Crippen molar-refractivity contribution in [1.29, 1.82) is 0 Å². The number of para-hydroxylation sites is 1. The molecule has 0 saturated heterocycles. The van der Waals surface area contributed by atoms with Gasteiger partial charge in [0.25, 0.3) is 0 Å². The molecule has 1 aromatic heterocycles. The Morgan fingerprint density at radius 2 is 2.00 bits per heavy atom. The van der Waals surface area contributed by atoms with Crippen LogP contribution in [-0.2, 0) is 7.05 Å². The average molecular weight is 216 g/mol. The van der Waals surface area contributed by atoms with Gasteiger partial charge in [0.15, 0.2) is 0 Å². The molecule has 1 amide bonds. The van der Waals surface area contributed by atoms with Crippen LogP contribution in [0.15, 0.2) is 48.8 Å². The van der Waals surface area contributed by atoms with E-state index in [1.165, 1.54) is 0 Å². The van der Waals surface area contributed by atoms with Gasteiger partial charge >= 0.3 is 6.09 Å². The van der Waals surface area contributed by atoms with Crippen molar-refractivity contribution >= 4 is 11.8 Å². The van der Waals surface area contributed by atoms with Crippen LogP contribution in [0.3, 0.4) is 0 Å². The quantitative estimate of drug-likeness (QED) is 0.838. The second-order valence-electron chi connectivity index (χ2n) is 3.39. The zero-order chi connectivity index (χ0) is 11.4. The van der Waals surface area contributed by atoms with Gasteiger partial charge in [0.05, 0.1) is 5.69 Å². The summed E-state index contributed by atoms with van der Waals surface area (Å²) >= 11 is 0. The summed E-state index contributed by atoms with van der Waals surface area (Å²) in [4.78, 5) is 11.4. The van der Waals surface area contributed by atoms with Gasteiger partial charge in [0.1, 0.15) is 5.75 Å². The molecular formula is C12H12N2O2. The van der Waals surface area contributed by atoms with Crippen LogP contribution < -0.4 is 10.1 Å². The van der Waals surface area contributed by atoms with Crippen LogP contribution in [-0.4, -0.2) is 10.7 Å². The van der Waals surface area contributed by atoms with Gasteiger partial charge in [-0.05, 0) is 18.2 Å². The third-order valence-corrected chi connectivity index (χ3v) is 2.03. The Hall–Kier alpha value is -2.23. The van der Waals surface area contributed by atoms with Crippen LogP contribution in [0, 0.1) is 0 Å². The fraction of sp³-hybridized carbons (Fsp3) is 0.0833. The van der Waals surface area contributed by atoms with Gasteiger partial charge < -0.3 is 9.30 Å². The normalized spacial score (nSPS) is 9.81. The first-order valence-corrected chi connectivity index (χ1v) is 4.90. The van der Waals surface area contributed by atoms with E-state index in [9.17, 15) is 4.79 Å². The molecule has 0 aliphatic carbocycles. The van der Waals surface area contributed by atoms with E-state index in [1.54, 1.807) is 24.4 Å². The van der Waals surface area contributed by atoms with Crippen LogP contribution in [0.25, 0.3) is 0 Å². The van der Waals surface area contributed by atoms with Gasteiger partial charge in [-0.1, -0.05) is 18.2 Å². The second-order valence-corrected chi connectivity index (χ2v) is 3.39. The lowest BCUT2D eigenvalue weighted by Gasteiger charge is -2.04. The zero-order valence-corrected chi connectivity index (χ0v) is 8.88. The summed E-state index contributed by atoms with van der Waals surface area (Å²) in [5.41, 5.74) is 0.712. The van der Waals surface area contributed by atoms with E-state index in [4.69, 9.17) is 4.74 Å². The molecule has 0 fully saturated rings. The van der Waals surface area contributed by atoms with Gasteiger partial charge in [0.2, 0.25) is 0 Å². The molecule has 2 rings (SSSR count). The Kier molecular flexibility index (Phi) is 2.91. The molecule has 0 aliphatic heterocycles. The fourth-order valence-corrected chi connectivity index (χ4v) is 1.32. The maximum Gasteiger partial charge on any atom is 0.417 e.